The summed E-state index contributed by atoms with van der Waals surface area (Å²) in [6.45, 7) is 4.22. The average Bonchev–Trinajstić information content (AvgIpc) is 3.07. The predicted molar refractivity (Wildman–Crippen MR) is 98.3 cm³/mol. The van der Waals surface area contributed by atoms with Crippen LogP contribution in [-0.4, -0.2) is 28.9 Å². The van der Waals surface area contributed by atoms with Gasteiger partial charge in [0.1, 0.15) is 5.65 Å². The third-order valence-electron chi connectivity index (χ3n) is 4.42. The Morgan fingerprint density at radius 1 is 1.12 bits per heavy atom. The molecule has 4 heterocycles. The maximum absolute atomic E-state index is 12.7. The van der Waals surface area contributed by atoms with E-state index < -0.39 is 5.69 Å². The van der Waals surface area contributed by atoms with Crippen molar-refractivity contribution in [2.24, 2.45) is 7.05 Å². The molecule has 0 aromatic carbocycles. The number of hydrogen-bond donors (Lipinski definition) is 0. The van der Waals surface area contributed by atoms with Crippen LogP contribution in [0.1, 0.15) is 25.5 Å². The molecule has 0 unspecified atom stereocenters. The monoisotopic (exact) mass is 350 g/mol. The topological polar surface area (TPSA) is 87.6 Å². The van der Waals surface area contributed by atoms with Crippen LogP contribution < -0.4 is 11.2 Å². The Morgan fingerprint density at radius 3 is 2.69 bits per heavy atom. The first-order chi connectivity index (χ1) is 12.5. The fourth-order valence-corrected chi connectivity index (χ4v) is 3.11. The molecule has 4 aromatic heterocycles. The number of aryl methyl sites for hydroxylation is 1. The van der Waals surface area contributed by atoms with Gasteiger partial charge in [0.2, 0.25) is 0 Å². The molecule has 0 saturated carbocycles. The minimum absolute atomic E-state index is 0.145. The minimum Gasteiger partial charge on any atom is -0.280 e. The van der Waals surface area contributed by atoms with Crippen LogP contribution in [0.4, 0.5) is 0 Å². The van der Waals surface area contributed by atoms with Gasteiger partial charge in [-0.1, -0.05) is 0 Å². The first kappa shape index (κ1) is 16.2. The van der Waals surface area contributed by atoms with Crippen molar-refractivity contribution in [3.05, 3.63) is 63.2 Å². The summed E-state index contributed by atoms with van der Waals surface area (Å²) in [5, 5.41) is 5.64. The van der Waals surface area contributed by atoms with Crippen molar-refractivity contribution in [3.63, 3.8) is 0 Å². The summed E-state index contributed by atoms with van der Waals surface area (Å²) < 4.78 is 4.44. The van der Waals surface area contributed by atoms with Crippen LogP contribution in [0.3, 0.4) is 0 Å². The van der Waals surface area contributed by atoms with E-state index in [-0.39, 0.29) is 18.1 Å². The number of rotatable bonds is 3. The molecule has 0 fully saturated rings. The van der Waals surface area contributed by atoms with E-state index in [0.717, 1.165) is 16.6 Å². The smallest absolute Gasteiger partial charge is 0.280 e. The van der Waals surface area contributed by atoms with Gasteiger partial charge in [-0.05, 0) is 37.6 Å². The highest BCUT2D eigenvalue weighted by Crippen LogP contribution is 2.17. The lowest BCUT2D eigenvalue weighted by Gasteiger charge is -2.10. The predicted octanol–water partition coefficient (Wildman–Crippen LogP) is 1.47. The Kier molecular flexibility index (Phi) is 3.68. The van der Waals surface area contributed by atoms with Gasteiger partial charge in [0.15, 0.2) is 5.65 Å². The zero-order valence-electron chi connectivity index (χ0n) is 14.7. The molecule has 0 aliphatic heterocycles. The third-order valence-corrected chi connectivity index (χ3v) is 4.42. The first-order valence-electron chi connectivity index (χ1n) is 8.34. The molecule has 0 N–H and O–H groups in total. The molecule has 0 atom stereocenters. The van der Waals surface area contributed by atoms with E-state index in [9.17, 15) is 9.59 Å². The molecule has 8 heteroatoms. The van der Waals surface area contributed by atoms with Crippen molar-refractivity contribution in [3.8, 4) is 0 Å². The number of aromatic nitrogens is 6. The molecule has 0 amide bonds. The highest BCUT2D eigenvalue weighted by Gasteiger charge is 2.13. The quantitative estimate of drug-likeness (QED) is 0.558. The van der Waals surface area contributed by atoms with Crippen molar-refractivity contribution in [1.29, 1.82) is 0 Å². The van der Waals surface area contributed by atoms with Gasteiger partial charge in [-0.25, -0.2) is 19.4 Å². The highest BCUT2D eigenvalue weighted by molar-refractivity contribution is 5.75. The lowest BCUT2D eigenvalue weighted by Crippen LogP contribution is -2.39. The van der Waals surface area contributed by atoms with E-state index in [1.807, 2.05) is 24.6 Å². The summed E-state index contributed by atoms with van der Waals surface area (Å²) >= 11 is 0. The molecule has 0 bridgehead atoms. The first-order valence-corrected chi connectivity index (χ1v) is 8.34. The van der Waals surface area contributed by atoms with Crippen molar-refractivity contribution >= 4 is 22.1 Å². The summed E-state index contributed by atoms with van der Waals surface area (Å²) in [6.07, 6.45) is 5.00. The van der Waals surface area contributed by atoms with Gasteiger partial charge < -0.3 is 0 Å². The zero-order valence-corrected chi connectivity index (χ0v) is 14.7. The Hall–Kier alpha value is -3.29. The van der Waals surface area contributed by atoms with Crippen molar-refractivity contribution < 1.29 is 0 Å². The molecule has 4 rings (SSSR count). The van der Waals surface area contributed by atoms with Gasteiger partial charge >= 0.3 is 5.69 Å². The maximum atomic E-state index is 12.7. The summed E-state index contributed by atoms with van der Waals surface area (Å²) in [7, 11) is 1.61. The Morgan fingerprint density at radius 2 is 1.92 bits per heavy atom. The van der Waals surface area contributed by atoms with Crippen molar-refractivity contribution in [1.82, 2.24) is 28.9 Å². The summed E-state index contributed by atoms with van der Waals surface area (Å²) in [6, 6.07) is 5.48. The molecule has 132 valence electrons. The molecule has 0 radical (unpaired) electrons. The molecular formula is C18H18N6O2. The van der Waals surface area contributed by atoms with E-state index in [1.54, 1.807) is 37.8 Å². The summed E-state index contributed by atoms with van der Waals surface area (Å²) in [5.74, 6) is 0. The van der Waals surface area contributed by atoms with Crippen LogP contribution in [0.15, 0.2) is 46.4 Å². The van der Waals surface area contributed by atoms with E-state index >= 15 is 0 Å². The van der Waals surface area contributed by atoms with Gasteiger partial charge in [0, 0.05) is 30.9 Å². The summed E-state index contributed by atoms with van der Waals surface area (Å²) in [5.41, 5.74) is 1.17. The second-order valence-electron chi connectivity index (χ2n) is 6.55. The van der Waals surface area contributed by atoms with Gasteiger partial charge in [-0.15, -0.1) is 0 Å². The van der Waals surface area contributed by atoms with Crippen LogP contribution in [0.2, 0.25) is 0 Å². The van der Waals surface area contributed by atoms with E-state index in [4.69, 9.17) is 0 Å². The summed E-state index contributed by atoms with van der Waals surface area (Å²) in [4.78, 5) is 34.0. The van der Waals surface area contributed by atoms with Crippen LogP contribution in [-0.2, 0) is 13.6 Å². The lowest BCUT2D eigenvalue weighted by molar-refractivity contribution is 0.546. The fraction of sp³-hybridized carbons (Fsp3) is 0.278. The number of nitrogens with zero attached hydrogens (tertiary/aromatic N) is 6. The Bertz CT molecular complexity index is 1250. The normalized spacial score (nSPS) is 11.7. The van der Waals surface area contributed by atoms with Crippen LogP contribution in [0.25, 0.3) is 22.1 Å². The number of pyridine rings is 2. The minimum atomic E-state index is -0.404. The van der Waals surface area contributed by atoms with Gasteiger partial charge in [0.25, 0.3) is 5.56 Å². The number of fused-ring (bicyclic) bond motifs is 2. The van der Waals surface area contributed by atoms with E-state index in [2.05, 4.69) is 15.1 Å². The van der Waals surface area contributed by atoms with Crippen LogP contribution >= 0.6 is 0 Å². The van der Waals surface area contributed by atoms with Gasteiger partial charge in [0.05, 0.1) is 18.1 Å². The zero-order chi connectivity index (χ0) is 18.4. The SMILES string of the molecule is CC(C)n1ncc2cc(Cn3c(=O)c4cccnc4n(C)c3=O)cnc21. The lowest BCUT2D eigenvalue weighted by atomic mass is 10.2. The molecule has 0 saturated heterocycles. The third kappa shape index (κ3) is 2.42. The molecule has 0 aliphatic carbocycles. The molecule has 4 aromatic rings. The number of hydrogen-bond acceptors (Lipinski definition) is 5. The van der Waals surface area contributed by atoms with Gasteiger partial charge in [-0.3, -0.25) is 13.9 Å². The van der Waals surface area contributed by atoms with Crippen molar-refractivity contribution in [2.75, 3.05) is 0 Å². The standard InChI is InChI=1S/C18H18N6O2/c1-11(2)24-15-13(9-21-24)7-12(8-20-15)10-23-17(25)14-5-4-6-19-16(14)22(3)18(23)26/h4-9,11H,10H2,1-3H3. The Labute approximate surface area is 148 Å². The van der Waals surface area contributed by atoms with Crippen LogP contribution in [0.5, 0.6) is 0 Å². The molecule has 8 nitrogen and oxygen atoms in total. The van der Waals surface area contributed by atoms with Gasteiger partial charge in [-0.2, -0.15) is 5.10 Å². The van der Waals surface area contributed by atoms with Crippen molar-refractivity contribution in [2.45, 2.75) is 26.4 Å². The van der Waals surface area contributed by atoms with Crippen LogP contribution in [0, 0.1) is 0 Å². The second-order valence-corrected chi connectivity index (χ2v) is 6.55. The maximum Gasteiger partial charge on any atom is 0.332 e. The average molecular weight is 350 g/mol. The molecule has 0 spiro atoms. The molecule has 26 heavy (non-hydrogen) atoms. The van der Waals surface area contributed by atoms with E-state index in [0.29, 0.717) is 11.0 Å². The molecule has 0 aliphatic rings. The second kappa shape index (κ2) is 5.91. The highest BCUT2D eigenvalue weighted by atomic mass is 16.2. The largest absolute Gasteiger partial charge is 0.332 e. The Balaban J connectivity index is 1.84. The molecular weight excluding hydrogens is 332 g/mol. The fourth-order valence-electron chi connectivity index (χ4n) is 3.11. The van der Waals surface area contributed by atoms with E-state index in [1.165, 1.54) is 9.13 Å².